The number of guanidine groups is 1. The van der Waals surface area contributed by atoms with Crippen molar-refractivity contribution in [2.45, 2.75) is 51.1 Å². The van der Waals surface area contributed by atoms with Crippen LogP contribution in [0.1, 0.15) is 50.6 Å². The van der Waals surface area contributed by atoms with Crippen LogP contribution in [0.25, 0.3) is 0 Å². The molecule has 2 fully saturated rings. The minimum atomic E-state index is 0. The molecule has 1 aromatic carbocycles. The second-order valence-electron chi connectivity index (χ2n) is 7.27. The van der Waals surface area contributed by atoms with E-state index in [2.05, 4.69) is 57.8 Å². The molecule has 140 valence electrons. The van der Waals surface area contributed by atoms with Gasteiger partial charge in [-0.15, -0.1) is 24.0 Å². The van der Waals surface area contributed by atoms with E-state index in [-0.39, 0.29) is 24.0 Å². The van der Waals surface area contributed by atoms with E-state index >= 15 is 0 Å². The molecule has 1 aromatic rings. The third-order valence-corrected chi connectivity index (χ3v) is 5.47. The predicted molar refractivity (Wildman–Crippen MR) is 117 cm³/mol. The standard InChI is InChI=1S/C20H32N4.HI/c1-16(18-6-4-3-5-7-18)24-14-11-19(12-15-24)23-20(21-2)22-13-10-17-8-9-17;/h3-7,16-17,19H,8-15H2,1-2H3,(H2,21,22,23);1H. The lowest BCUT2D eigenvalue weighted by molar-refractivity contribution is 0.158. The van der Waals surface area contributed by atoms with Crippen molar-refractivity contribution in [3.63, 3.8) is 0 Å². The summed E-state index contributed by atoms with van der Waals surface area (Å²) < 4.78 is 0. The summed E-state index contributed by atoms with van der Waals surface area (Å²) in [7, 11) is 1.87. The van der Waals surface area contributed by atoms with E-state index in [1.165, 1.54) is 37.7 Å². The summed E-state index contributed by atoms with van der Waals surface area (Å²) in [5.74, 6) is 1.95. The van der Waals surface area contributed by atoms with Crippen molar-refractivity contribution in [3.8, 4) is 0 Å². The second-order valence-corrected chi connectivity index (χ2v) is 7.27. The monoisotopic (exact) mass is 456 g/mol. The Morgan fingerprint density at radius 1 is 1.16 bits per heavy atom. The molecule has 1 saturated heterocycles. The van der Waals surface area contributed by atoms with Gasteiger partial charge in [-0.05, 0) is 37.7 Å². The van der Waals surface area contributed by atoms with Gasteiger partial charge in [0.1, 0.15) is 0 Å². The summed E-state index contributed by atoms with van der Waals surface area (Å²) in [5.41, 5.74) is 1.42. The van der Waals surface area contributed by atoms with Crippen LogP contribution >= 0.6 is 24.0 Å². The first-order valence-corrected chi connectivity index (χ1v) is 9.52. The van der Waals surface area contributed by atoms with Crippen molar-refractivity contribution < 1.29 is 0 Å². The Bertz CT molecular complexity index is 522. The van der Waals surface area contributed by atoms with Crippen LogP contribution in [0.5, 0.6) is 0 Å². The third kappa shape index (κ3) is 6.44. The van der Waals surface area contributed by atoms with Gasteiger partial charge >= 0.3 is 0 Å². The Hall–Kier alpha value is -0.820. The van der Waals surface area contributed by atoms with Gasteiger partial charge in [0.15, 0.2) is 5.96 Å². The van der Waals surface area contributed by atoms with Crippen molar-refractivity contribution in [1.82, 2.24) is 15.5 Å². The first-order valence-electron chi connectivity index (χ1n) is 9.52. The molecule has 3 rings (SSSR count). The normalized spacial score (nSPS) is 20.6. The number of halogens is 1. The zero-order chi connectivity index (χ0) is 16.8. The van der Waals surface area contributed by atoms with Gasteiger partial charge in [0.05, 0.1) is 0 Å². The van der Waals surface area contributed by atoms with E-state index in [0.717, 1.165) is 31.5 Å². The molecule has 2 aliphatic rings. The van der Waals surface area contributed by atoms with Crippen LogP contribution in [0.2, 0.25) is 0 Å². The molecule has 1 heterocycles. The SMILES string of the molecule is CN=C(NCCC1CC1)NC1CCN(C(C)c2ccccc2)CC1.I. The molecule has 0 spiro atoms. The molecule has 0 aromatic heterocycles. The van der Waals surface area contributed by atoms with Crippen LogP contribution in [0.4, 0.5) is 0 Å². The van der Waals surface area contributed by atoms with Gasteiger partial charge in [0.2, 0.25) is 0 Å². The highest BCUT2D eigenvalue weighted by Gasteiger charge is 2.24. The highest BCUT2D eigenvalue weighted by molar-refractivity contribution is 14.0. The first-order chi connectivity index (χ1) is 11.8. The first kappa shape index (κ1) is 20.5. The molecule has 5 heteroatoms. The van der Waals surface area contributed by atoms with E-state index in [4.69, 9.17) is 0 Å². The second kappa shape index (κ2) is 10.4. The summed E-state index contributed by atoms with van der Waals surface area (Å²) in [6.45, 7) is 5.66. The fourth-order valence-electron chi connectivity index (χ4n) is 3.56. The quantitative estimate of drug-likeness (QED) is 0.389. The maximum atomic E-state index is 4.38. The fourth-order valence-corrected chi connectivity index (χ4v) is 3.56. The Balaban J connectivity index is 0.00000225. The number of likely N-dealkylation sites (tertiary alicyclic amines) is 1. The minimum absolute atomic E-state index is 0. The molecule has 1 unspecified atom stereocenters. The Morgan fingerprint density at radius 2 is 1.84 bits per heavy atom. The average molecular weight is 456 g/mol. The Morgan fingerprint density at radius 3 is 2.44 bits per heavy atom. The summed E-state index contributed by atoms with van der Waals surface area (Å²) in [6.07, 6.45) is 6.49. The molecular formula is C20H33IN4. The lowest BCUT2D eigenvalue weighted by atomic mass is 10.0. The largest absolute Gasteiger partial charge is 0.356 e. The van der Waals surface area contributed by atoms with Crippen molar-refractivity contribution in [2.24, 2.45) is 10.9 Å². The van der Waals surface area contributed by atoms with Crippen LogP contribution in [-0.4, -0.2) is 43.6 Å². The average Bonchev–Trinajstić information content (AvgIpc) is 3.46. The van der Waals surface area contributed by atoms with Crippen LogP contribution in [0, 0.1) is 5.92 Å². The number of piperidine rings is 1. The van der Waals surface area contributed by atoms with Gasteiger partial charge in [0.25, 0.3) is 0 Å². The molecule has 1 saturated carbocycles. The molecule has 2 N–H and O–H groups in total. The predicted octanol–water partition coefficient (Wildman–Crippen LogP) is 3.80. The molecule has 1 atom stereocenters. The highest BCUT2D eigenvalue weighted by atomic mass is 127. The fraction of sp³-hybridized carbons (Fsp3) is 0.650. The maximum absolute atomic E-state index is 4.38. The van der Waals surface area contributed by atoms with Crippen molar-refractivity contribution >= 4 is 29.9 Å². The number of benzene rings is 1. The Labute approximate surface area is 169 Å². The number of nitrogens with one attached hydrogen (secondary N) is 2. The highest BCUT2D eigenvalue weighted by Crippen LogP contribution is 2.31. The van der Waals surface area contributed by atoms with Crippen LogP contribution in [-0.2, 0) is 0 Å². The van der Waals surface area contributed by atoms with Gasteiger partial charge in [-0.2, -0.15) is 0 Å². The van der Waals surface area contributed by atoms with Crippen LogP contribution in [0.15, 0.2) is 35.3 Å². The molecule has 1 aliphatic carbocycles. The number of nitrogens with zero attached hydrogens (tertiary/aromatic N) is 2. The number of hydrogen-bond acceptors (Lipinski definition) is 2. The molecule has 4 nitrogen and oxygen atoms in total. The van der Waals surface area contributed by atoms with E-state index in [0.29, 0.717) is 12.1 Å². The zero-order valence-corrected chi connectivity index (χ0v) is 17.9. The maximum Gasteiger partial charge on any atom is 0.191 e. The molecule has 0 amide bonds. The van der Waals surface area contributed by atoms with E-state index in [1.807, 2.05) is 7.05 Å². The van der Waals surface area contributed by atoms with Gasteiger partial charge in [-0.25, -0.2) is 0 Å². The van der Waals surface area contributed by atoms with E-state index in [9.17, 15) is 0 Å². The van der Waals surface area contributed by atoms with Gasteiger partial charge in [-0.3, -0.25) is 9.89 Å². The molecule has 1 aliphatic heterocycles. The smallest absolute Gasteiger partial charge is 0.191 e. The third-order valence-electron chi connectivity index (χ3n) is 5.47. The van der Waals surface area contributed by atoms with Gasteiger partial charge in [0, 0.05) is 38.8 Å². The summed E-state index contributed by atoms with van der Waals surface area (Å²) in [4.78, 5) is 6.98. The minimum Gasteiger partial charge on any atom is -0.356 e. The van der Waals surface area contributed by atoms with Gasteiger partial charge < -0.3 is 10.6 Å². The summed E-state index contributed by atoms with van der Waals surface area (Å²) >= 11 is 0. The number of rotatable bonds is 6. The lowest BCUT2D eigenvalue weighted by Crippen LogP contribution is -2.49. The lowest BCUT2D eigenvalue weighted by Gasteiger charge is -2.37. The van der Waals surface area contributed by atoms with Crippen molar-refractivity contribution in [3.05, 3.63) is 35.9 Å². The molecular weight excluding hydrogens is 423 g/mol. The van der Waals surface area contributed by atoms with Crippen molar-refractivity contribution in [1.29, 1.82) is 0 Å². The van der Waals surface area contributed by atoms with E-state index in [1.54, 1.807) is 0 Å². The van der Waals surface area contributed by atoms with Crippen LogP contribution in [0.3, 0.4) is 0 Å². The zero-order valence-electron chi connectivity index (χ0n) is 15.6. The summed E-state index contributed by atoms with van der Waals surface area (Å²) in [5, 5.41) is 7.08. The number of aliphatic imine (C=N–C) groups is 1. The topological polar surface area (TPSA) is 39.7 Å². The molecule has 0 bridgehead atoms. The van der Waals surface area contributed by atoms with Crippen LogP contribution < -0.4 is 10.6 Å². The number of hydrogen-bond donors (Lipinski definition) is 2. The molecule has 0 radical (unpaired) electrons. The summed E-state index contributed by atoms with van der Waals surface area (Å²) in [6, 6.07) is 11.9. The van der Waals surface area contributed by atoms with E-state index < -0.39 is 0 Å². The molecule has 25 heavy (non-hydrogen) atoms. The van der Waals surface area contributed by atoms with Crippen molar-refractivity contribution in [2.75, 3.05) is 26.7 Å². The Kier molecular flexibility index (Phi) is 8.49. The van der Waals surface area contributed by atoms with Gasteiger partial charge in [-0.1, -0.05) is 43.2 Å².